The van der Waals surface area contributed by atoms with Gasteiger partial charge in [-0.3, -0.25) is 19.4 Å². The lowest BCUT2D eigenvalue weighted by Crippen LogP contribution is -2.36. The van der Waals surface area contributed by atoms with Crippen LogP contribution < -0.4 is 0 Å². The molecule has 8 nitrogen and oxygen atoms in total. The Bertz CT molecular complexity index is 1250. The number of benzene rings is 1. The van der Waals surface area contributed by atoms with Gasteiger partial charge in [0.25, 0.3) is 5.92 Å². The van der Waals surface area contributed by atoms with Crippen LogP contribution in [0.4, 0.5) is 8.78 Å². The van der Waals surface area contributed by atoms with E-state index in [0.29, 0.717) is 16.6 Å². The van der Waals surface area contributed by atoms with Crippen LogP contribution in [0.5, 0.6) is 0 Å². The van der Waals surface area contributed by atoms with Crippen LogP contribution in [0, 0.1) is 11.3 Å². The first-order valence-corrected chi connectivity index (χ1v) is 10.3. The number of alkyl halides is 2. The van der Waals surface area contributed by atoms with Gasteiger partial charge in [0.05, 0.1) is 23.6 Å². The number of aromatic nitrogens is 3. The lowest BCUT2D eigenvalue weighted by molar-refractivity contribution is -0.132. The molecule has 1 aliphatic rings. The normalized spacial score (nSPS) is 17.1. The zero-order valence-electron chi connectivity index (χ0n) is 17.4. The summed E-state index contributed by atoms with van der Waals surface area (Å²) >= 11 is 0. The summed E-state index contributed by atoms with van der Waals surface area (Å²) in [6.07, 6.45) is 1.42. The summed E-state index contributed by atoms with van der Waals surface area (Å²) in [6, 6.07) is 9.14. The van der Waals surface area contributed by atoms with Crippen molar-refractivity contribution in [2.45, 2.75) is 37.6 Å². The van der Waals surface area contributed by atoms with Crippen LogP contribution in [0.1, 0.15) is 45.8 Å². The molecule has 3 aromatic rings. The minimum atomic E-state index is -3.12. The molecule has 3 heterocycles. The predicted octanol–water partition coefficient (Wildman–Crippen LogP) is 3.11. The summed E-state index contributed by atoms with van der Waals surface area (Å²) in [4.78, 5) is 49.9. The first-order chi connectivity index (χ1) is 15.8. The van der Waals surface area contributed by atoms with Gasteiger partial charge in [-0.2, -0.15) is 5.26 Å². The van der Waals surface area contributed by atoms with Gasteiger partial charge in [-0.25, -0.2) is 13.8 Å². The van der Waals surface area contributed by atoms with Gasteiger partial charge in [0.1, 0.15) is 6.04 Å². The van der Waals surface area contributed by atoms with Crippen molar-refractivity contribution in [2.24, 2.45) is 0 Å². The monoisotopic (exact) mass is 451 g/mol. The Hall–Kier alpha value is -4.00. The second-order valence-corrected chi connectivity index (χ2v) is 7.89. The van der Waals surface area contributed by atoms with Gasteiger partial charge in [0.15, 0.2) is 11.6 Å². The van der Waals surface area contributed by atoms with Crippen LogP contribution in [0.15, 0.2) is 42.7 Å². The number of nitriles is 1. The molecule has 2 aromatic heterocycles. The molecule has 1 aromatic carbocycles. The highest BCUT2D eigenvalue weighted by Gasteiger charge is 2.47. The highest BCUT2D eigenvalue weighted by molar-refractivity contribution is 6.02. The highest BCUT2D eigenvalue weighted by Crippen LogP contribution is 2.32. The molecule has 0 unspecified atom stereocenters. The van der Waals surface area contributed by atoms with E-state index in [1.54, 1.807) is 24.3 Å². The molecule has 1 atom stereocenters. The predicted molar refractivity (Wildman–Crippen MR) is 113 cm³/mol. The number of amides is 1. The van der Waals surface area contributed by atoms with Crippen LogP contribution in [-0.4, -0.2) is 55.8 Å². The minimum absolute atomic E-state index is 0.127. The van der Waals surface area contributed by atoms with E-state index in [4.69, 9.17) is 5.26 Å². The molecular weight excluding hydrogens is 432 g/mol. The topological polar surface area (TPSA) is 120 Å². The van der Waals surface area contributed by atoms with Crippen molar-refractivity contribution >= 4 is 28.5 Å². The first-order valence-electron chi connectivity index (χ1n) is 10.3. The van der Waals surface area contributed by atoms with Crippen LogP contribution in [-0.2, 0) is 11.2 Å². The molecule has 1 amide bonds. The number of aromatic amines is 1. The molecule has 4 rings (SSSR count). The Morgan fingerprint density at radius 2 is 1.97 bits per heavy atom. The number of H-pyrrole nitrogens is 1. The van der Waals surface area contributed by atoms with E-state index in [9.17, 15) is 23.2 Å². The van der Waals surface area contributed by atoms with E-state index in [1.807, 2.05) is 6.07 Å². The molecule has 1 aliphatic heterocycles. The number of Topliss-reactive ketones (excluding diaryl/α,β-unsaturated/α-hetero) is 2. The number of ketones is 2. The van der Waals surface area contributed by atoms with Gasteiger partial charge in [-0.1, -0.05) is 12.1 Å². The van der Waals surface area contributed by atoms with Crippen LogP contribution in [0.3, 0.4) is 0 Å². The Morgan fingerprint density at radius 3 is 2.73 bits per heavy atom. The van der Waals surface area contributed by atoms with Crippen molar-refractivity contribution in [3.05, 3.63) is 59.7 Å². The Morgan fingerprint density at radius 1 is 1.18 bits per heavy atom. The Kier molecular flexibility index (Phi) is 5.96. The molecule has 0 spiro atoms. The number of rotatable bonds is 7. The average molecular weight is 451 g/mol. The van der Waals surface area contributed by atoms with Gasteiger partial charge < -0.3 is 9.88 Å². The lowest BCUT2D eigenvalue weighted by atomic mass is 9.98. The number of likely N-dealkylation sites (tertiary alicyclic amines) is 1. The van der Waals surface area contributed by atoms with Crippen LogP contribution >= 0.6 is 0 Å². The summed E-state index contributed by atoms with van der Waals surface area (Å²) in [5, 5.41) is 9.04. The van der Waals surface area contributed by atoms with Crippen molar-refractivity contribution < 1.29 is 23.2 Å². The number of carbonyl (C=O) groups excluding carboxylic acids is 3. The number of para-hydroxylation sites is 2. The van der Waals surface area contributed by atoms with Crippen molar-refractivity contribution in [1.82, 2.24) is 19.9 Å². The molecule has 33 heavy (non-hydrogen) atoms. The fourth-order valence-electron chi connectivity index (χ4n) is 3.87. The van der Waals surface area contributed by atoms with Crippen molar-refractivity contribution in [3.8, 4) is 6.07 Å². The minimum Gasteiger partial charge on any atom is -0.335 e. The first kappa shape index (κ1) is 22.2. The standard InChI is InChI=1S/C23H19F2N5O3/c24-23(25)10-15(11-26)30(13-23)21(33)6-5-19(31)16-7-8-27-12-14(16)9-20(32)22-28-17-3-1-2-4-18(17)29-22/h1-4,7-8,12,15H,5-6,9-10,13H2,(H,28,29)/t15-/m0/s1. The van der Waals surface area contributed by atoms with E-state index < -0.39 is 36.6 Å². The maximum absolute atomic E-state index is 13.6. The SMILES string of the molecule is N#C[C@@H]1CC(F)(F)CN1C(=O)CCC(=O)c1ccncc1CC(=O)c1nc2ccccc2[nH]1. The average Bonchev–Trinajstić information content (AvgIpc) is 3.38. The quantitative estimate of drug-likeness (QED) is 0.551. The summed E-state index contributed by atoms with van der Waals surface area (Å²) in [5.74, 6) is -4.39. The zero-order chi connectivity index (χ0) is 23.6. The number of nitrogens with zero attached hydrogens (tertiary/aromatic N) is 4. The van der Waals surface area contributed by atoms with Gasteiger partial charge in [-0.15, -0.1) is 0 Å². The molecule has 1 fully saturated rings. The van der Waals surface area contributed by atoms with Crippen LogP contribution in [0.25, 0.3) is 11.0 Å². The van der Waals surface area contributed by atoms with Crippen molar-refractivity contribution in [3.63, 3.8) is 0 Å². The van der Waals surface area contributed by atoms with Gasteiger partial charge in [0, 0.05) is 43.6 Å². The number of carbonyl (C=O) groups is 3. The molecule has 10 heteroatoms. The number of imidazole rings is 1. The summed E-state index contributed by atoms with van der Waals surface area (Å²) < 4.78 is 27.2. The largest absolute Gasteiger partial charge is 0.335 e. The van der Waals surface area contributed by atoms with E-state index in [2.05, 4.69) is 15.0 Å². The van der Waals surface area contributed by atoms with E-state index >= 15 is 0 Å². The van der Waals surface area contributed by atoms with Crippen LogP contribution in [0.2, 0.25) is 0 Å². The molecule has 0 saturated carbocycles. The maximum atomic E-state index is 13.6. The number of hydrogen-bond donors (Lipinski definition) is 1. The second kappa shape index (κ2) is 8.86. The second-order valence-electron chi connectivity index (χ2n) is 7.89. The number of hydrogen-bond acceptors (Lipinski definition) is 6. The summed E-state index contributed by atoms with van der Waals surface area (Å²) in [6.45, 7) is -0.829. The fraction of sp³-hybridized carbons (Fsp3) is 0.304. The van der Waals surface area contributed by atoms with E-state index in [1.165, 1.54) is 18.5 Å². The number of halogens is 2. The number of pyridine rings is 1. The summed E-state index contributed by atoms with van der Waals surface area (Å²) in [5.41, 5.74) is 1.96. The maximum Gasteiger partial charge on any atom is 0.268 e. The fourth-order valence-corrected chi connectivity index (χ4v) is 3.87. The highest BCUT2D eigenvalue weighted by atomic mass is 19.3. The summed E-state index contributed by atoms with van der Waals surface area (Å²) in [7, 11) is 0. The number of nitrogens with one attached hydrogen (secondary N) is 1. The van der Waals surface area contributed by atoms with Gasteiger partial charge in [0.2, 0.25) is 11.7 Å². The Balaban J connectivity index is 1.43. The molecule has 1 saturated heterocycles. The molecule has 1 N–H and O–H groups in total. The van der Waals surface area contributed by atoms with E-state index in [0.717, 1.165) is 4.90 Å². The van der Waals surface area contributed by atoms with Gasteiger partial charge >= 0.3 is 0 Å². The smallest absolute Gasteiger partial charge is 0.268 e. The van der Waals surface area contributed by atoms with Crippen molar-refractivity contribution in [1.29, 1.82) is 5.26 Å². The molecule has 0 aliphatic carbocycles. The molecule has 0 bridgehead atoms. The Labute approximate surface area is 187 Å². The zero-order valence-corrected chi connectivity index (χ0v) is 17.4. The number of fused-ring (bicyclic) bond motifs is 1. The molecular formula is C23H19F2N5O3. The third-order valence-corrected chi connectivity index (χ3v) is 5.51. The lowest BCUT2D eigenvalue weighted by Gasteiger charge is -2.19. The van der Waals surface area contributed by atoms with E-state index in [-0.39, 0.29) is 36.4 Å². The van der Waals surface area contributed by atoms with Crippen molar-refractivity contribution in [2.75, 3.05) is 6.54 Å². The van der Waals surface area contributed by atoms with Gasteiger partial charge in [-0.05, 0) is 23.8 Å². The third-order valence-electron chi connectivity index (χ3n) is 5.51. The molecule has 0 radical (unpaired) electrons. The molecule has 168 valence electrons. The third kappa shape index (κ3) is 4.77.